The van der Waals surface area contributed by atoms with Crippen LogP contribution in [-0.4, -0.2) is 31.6 Å². The first kappa shape index (κ1) is 16.4. The predicted octanol–water partition coefficient (Wildman–Crippen LogP) is 1.72. The number of fused-ring (bicyclic) bond motifs is 1. The molecule has 1 N–H and O–H groups in total. The minimum atomic E-state index is -3.32. The zero-order valence-corrected chi connectivity index (χ0v) is 14.4. The molecule has 0 saturated heterocycles. The van der Waals surface area contributed by atoms with E-state index in [-0.39, 0.29) is 11.9 Å². The van der Waals surface area contributed by atoms with Crippen molar-refractivity contribution in [2.45, 2.75) is 25.9 Å². The number of carbonyl (C=O) groups excluding carboxylic acids is 1. The molecule has 126 valence electrons. The van der Waals surface area contributed by atoms with Gasteiger partial charge in [-0.2, -0.15) is 0 Å². The Bertz CT molecular complexity index is 866. The molecule has 1 aromatic heterocycles. The monoisotopic (exact) mass is 345 g/mol. The molecule has 1 aliphatic rings. The Hall–Kier alpha value is -2.41. The Morgan fingerprint density at radius 1 is 1.33 bits per heavy atom. The molecule has 0 radical (unpaired) electrons. The normalized spacial score (nSPS) is 16.8. The van der Waals surface area contributed by atoms with Gasteiger partial charge in [-0.25, -0.2) is 8.42 Å². The van der Waals surface area contributed by atoms with E-state index in [9.17, 15) is 13.2 Å². The fraction of sp³-hybridized carbons (Fsp3) is 0.294. The Kier molecular flexibility index (Phi) is 4.28. The zero-order chi connectivity index (χ0) is 17.3. The fourth-order valence-corrected chi connectivity index (χ4v) is 4.29. The lowest BCUT2D eigenvalue weighted by Crippen LogP contribution is -2.34. The molecule has 0 spiro atoms. The third-order valence-corrected chi connectivity index (χ3v) is 5.28. The van der Waals surface area contributed by atoms with E-state index in [0.29, 0.717) is 24.2 Å². The van der Waals surface area contributed by atoms with Crippen LogP contribution in [0.25, 0.3) is 0 Å². The van der Waals surface area contributed by atoms with E-state index >= 15 is 0 Å². The quantitative estimate of drug-likeness (QED) is 0.915. The third kappa shape index (κ3) is 3.26. The molecule has 24 heavy (non-hydrogen) atoms. The van der Waals surface area contributed by atoms with Gasteiger partial charge in [0, 0.05) is 17.8 Å². The average molecular weight is 345 g/mol. The van der Waals surface area contributed by atoms with Crippen molar-refractivity contribution in [3.63, 3.8) is 0 Å². The number of nitrogens with one attached hydrogen (secondary N) is 1. The number of rotatable bonds is 4. The van der Waals surface area contributed by atoms with Gasteiger partial charge in [0.1, 0.15) is 0 Å². The summed E-state index contributed by atoms with van der Waals surface area (Å²) < 4.78 is 25.3. The van der Waals surface area contributed by atoms with E-state index in [1.807, 2.05) is 25.1 Å². The zero-order valence-electron chi connectivity index (χ0n) is 13.6. The smallest absolute Gasteiger partial charge is 0.251 e. The summed E-state index contributed by atoms with van der Waals surface area (Å²) in [5, 5.41) is 2.83. The Morgan fingerprint density at radius 2 is 2.12 bits per heavy atom. The highest BCUT2D eigenvalue weighted by Crippen LogP contribution is 2.34. The molecule has 0 bridgehead atoms. The Labute approximate surface area is 141 Å². The third-order valence-electron chi connectivity index (χ3n) is 4.01. The summed E-state index contributed by atoms with van der Waals surface area (Å²) in [5.41, 5.74) is 2.83. The molecule has 6 nitrogen and oxygen atoms in total. The fourth-order valence-electron chi connectivity index (χ4n) is 3.02. The topological polar surface area (TPSA) is 79.4 Å². The lowest BCUT2D eigenvalue weighted by Gasteiger charge is -2.21. The van der Waals surface area contributed by atoms with Crippen molar-refractivity contribution in [3.8, 4) is 0 Å². The van der Waals surface area contributed by atoms with Crippen molar-refractivity contribution in [1.82, 2.24) is 10.3 Å². The maximum absolute atomic E-state index is 12.3. The molecule has 0 fully saturated rings. The van der Waals surface area contributed by atoms with E-state index < -0.39 is 10.0 Å². The number of benzene rings is 1. The summed E-state index contributed by atoms with van der Waals surface area (Å²) >= 11 is 0. The number of sulfonamides is 1. The summed E-state index contributed by atoms with van der Waals surface area (Å²) in [6.07, 6.45) is 3.48. The number of hydrogen-bond acceptors (Lipinski definition) is 4. The van der Waals surface area contributed by atoms with E-state index in [0.717, 1.165) is 11.3 Å². The van der Waals surface area contributed by atoms with Gasteiger partial charge in [0.25, 0.3) is 5.91 Å². The number of pyridine rings is 1. The van der Waals surface area contributed by atoms with Gasteiger partial charge < -0.3 is 5.32 Å². The van der Waals surface area contributed by atoms with Crippen LogP contribution in [-0.2, 0) is 23.0 Å². The predicted molar refractivity (Wildman–Crippen MR) is 92.3 cm³/mol. The van der Waals surface area contributed by atoms with E-state index in [1.54, 1.807) is 24.4 Å². The first-order valence-electron chi connectivity index (χ1n) is 7.66. The molecule has 7 heteroatoms. The van der Waals surface area contributed by atoms with Crippen molar-refractivity contribution in [1.29, 1.82) is 0 Å². The first-order chi connectivity index (χ1) is 11.4. The van der Waals surface area contributed by atoms with Crippen LogP contribution in [0.5, 0.6) is 0 Å². The van der Waals surface area contributed by atoms with Crippen LogP contribution in [0.4, 0.5) is 5.69 Å². The lowest BCUT2D eigenvalue weighted by atomic mass is 10.1. The molecule has 1 amide bonds. The summed E-state index contributed by atoms with van der Waals surface area (Å²) in [7, 11) is -3.32. The van der Waals surface area contributed by atoms with Crippen molar-refractivity contribution in [2.24, 2.45) is 0 Å². The molecule has 2 heterocycles. The van der Waals surface area contributed by atoms with Crippen LogP contribution >= 0.6 is 0 Å². The van der Waals surface area contributed by atoms with Crippen LogP contribution in [0.1, 0.15) is 28.5 Å². The maximum atomic E-state index is 12.3. The number of aromatic nitrogens is 1. The minimum Gasteiger partial charge on any atom is -0.346 e. The van der Waals surface area contributed by atoms with Gasteiger partial charge >= 0.3 is 0 Å². The standard InChI is InChI=1S/C17H19N3O3S/c1-12-9-14-10-13(6-7-16(14)20(12)24(2,22)23)17(21)19-11-15-5-3-4-8-18-15/h3-8,10,12H,9,11H2,1-2H3,(H,19,21)/t12-/m1/s1. The second-order valence-corrected chi connectivity index (χ2v) is 7.82. The van der Waals surface area contributed by atoms with E-state index in [1.165, 1.54) is 10.6 Å². The summed E-state index contributed by atoms with van der Waals surface area (Å²) in [6.45, 7) is 2.21. The van der Waals surface area contributed by atoms with E-state index in [4.69, 9.17) is 0 Å². The summed E-state index contributed by atoms with van der Waals surface area (Å²) in [4.78, 5) is 16.5. The molecule has 0 saturated carbocycles. The molecule has 0 aliphatic carbocycles. The van der Waals surface area contributed by atoms with Crippen molar-refractivity contribution < 1.29 is 13.2 Å². The largest absolute Gasteiger partial charge is 0.346 e. The molecular weight excluding hydrogens is 326 g/mol. The number of carbonyl (C=O) groups is 1. The molecule has 1 atom stereocenters. The second kappa shape index (κ2) is 6.24. The molecule has 1 aliphatic heterocycles. The van der Waals surface area contributed by atoms with Crippen molar-refractivity contribution in [3.05, 3.63) is 59.4 Å². The van der Waals surface area contributed by atoms with Crippen LogP contribution in [0.2, 0.25) is 0 Å². The highest BCUT2D eigenvalue weighted by molar-refractivity contribution is 7.92. The first-order valence-corrected chi connectivity index (χ1v) is 9.51. The highest BCUT2D eigenvalue weighted by Gasteiger charge is 2.32. The summed E-state index contributed by atoms with van der Waals surface area (Å²) in [5.74, 6) is -0.200. The van der Waals surface area contributed by atoms with Gasteiger partial charge in [0.05, 0.1) is 24.2 Å². The molecule has 2 aromatic rings. The van der Waals surface area contributed by atoms with Gasteiger partial charge in [-0.05, 0) is 49.2 Å². The van der Waals surface area contributed by atoms with Gasteiger partial charge in [0.15, 0.2) is 0 Å². The minimum absolute atomic E-state index is 0.137. The molecule has 3 rings (SSSR count). The number of anilines is 1. The molecule has 0 unspecified atom stereocenters. The average Bonchev–Trinajstić information content (AvgIpc) is 2.88. The molecular formula is C17H19N3O3S. The SMILES string of the molecule is C[C@@H]1Cc2cc(C(=O)NCc3ccccn3)ccc2N1S(C)(=O)=O. The van der Waals surface area contributed by atoms with Crippen molar-refractivity contribution >= 4 is 21.6 Å². The Balaban J connectivity index is 1.77. The number of amides is 1. The van der Waals surface area contributed by atoms with Gasteiger partial charge in [0.2, 0.25) is 10.0 Å². The van der Waals surface area contributed by atoms with Crippen LogP contribution in [0.15, 0.2) is 42.6 Å². The van der Waals surface area contributed by atoms with E-state index in [2.05, 4.69) is 10.3 Å². The highest BCUT2D eigenvalue weighted by atomic mass is 32.2. The number of hydrogen-bond donors (Lipinski definition) is 1. The van der Waals surface area contributed by atoms with Crippen LogP contribution in [0.3, 0.4) is 0 Å². The van der Waals surface area contributed by atoms with Crippen LogP contribution < -0.4 is 9.62 Å². The number of nitrogens with zero attached hydrogens (tertiary/aromatic N) is 2. The Morgan fingerprint density at radius 3 is 2.79 bits per heavy atom. The molecule has 1 aromatic carbocycles. The van der Waals surface area contributed by atoms with Gasteiger partial charge in [-0.1, -0.05) is 6.07 Å². The van der Waals surface area contributed by atoms with Crippen molar-refractivity contribution in [2.75, 3.05) is 10.6 Å². The maximum Gasteiger partial charge on any atom is 0.251 e. The van der Waals surface area contributed by atoms with Gasteiger partial charge in [-0.3, -0.25) is 14.1 Å². The van der Waals surface area contributed by atoms with Crippen LogP contribution in [0, 0.1) is 0 Å². The lowest BCUT2D eigenvalue weighted by molar-refractivity contribution is 0.0950. The summed E-state index contributed by atoms with van der Waals surface area (Å²) in [6, 6.07) is 10.5. The van der Waals surface area contributed by atoms with Gasteiger partial charge in [-0.15, -0.1) is 0 Å². The second-order valence-electron chi connectivity index (χ2n) is 5.96.